The van der Waals surface area contributed by atoms with Crippen molar-refractivity contribution < 1.29 is 14.0 Å². The van der Waals surface area contributed by atoms with E-state index in [1.807, 2.05) is 0 Å². The van der Waals surface area contributed by atoms with Gasteiger partial charge >= 0.3 is 0 Å². The zero-order chi connectivity index (χ0) is 22.2. The molecule has 1 aliphatic heterocycles. The summed E-state index contributed by atoms with van der Waals surface area (Å²) in [5.41, 5.74) is 1.10. The number of aromatic nitrogens is 2. The maximum absolute atomic E-state index is 13.2. The summed E-state index contributed by atoms with van der Waals surface area (Å²) < 4.78 is 6.94. The SMILES string of the molecule is O=C1c2ccccc2C(=O)N1CCSc1nc2cc(Cl)ccc2c(=O)n1Cc1ccco1. The second kappa shape index (κ2) is 8.29. The van der Waals surface area contributed by atoms with Crippen LogP contribution in [0.15, 0.2) is 75.2 Å². The Hall–Kier alpha value is -3.36. The third-order valence-corrected chi connectivity index (χ3v) is 6.39. The van der Waals surface area contributed by atoms with Gasteiger partial charge in [0.1, 0.15) is 5.76 Å². The van der Waals surface area contributed by atoms with Crippen LogP contribution in [0.1, 0.15) is 26.5 Å². The van der Waals surface area contributed by atoms with E-state index in [0.29, 0.717) is 43.7 Å². The van der Waals surface area contributed by atoms with E-state index >= 15 is 0 Å². The smallest absolute Gasteiger partial charge is 0.262 e. The lowest BCUT2D eigenvalue weighted by Gasteiger charge is -2.15. The number of carbonyl (C=O) groups excluding carboxylic acids is 2. The molecule has 0 atom stereocenters. The summed E-state index contributed by atoms with van der Waals surface area (Å²) in [5.74, 6) is 0.376. The van der Waals surface area contributed by atoms with Crippen molar-refractivity contribution in [2.75, 3.05) is 12.3 Å². The summed E-state index contributed by atoms with van der Waals surface area (Å²) in [7, 11) is 0. The van der Waals surface area contributed by atoms with Crippen LogP contribution in [0.4, 0.5) is 0 Å². The molecule has 3 heterocycles. The molecule has 0 saturated heterocycles. The Morgan fingerprint density at radius 1 is 0.969 bits per heavy atom. The van der Waals surface area contributed by atoms with Crippen molar-refractivity contribution in [3.05, 3.63) is 93.1 Å². The lowest BCUT2D eigenvalue weighted by Crippen LogP contribution is -2.32. The molecule has 2 aromatic heterocycles. The number of hydrogen-bond donors (Lipinski definition) is 0. The van der Waals surface area contributed by atoms with Crippen LogP contribution in [0, 0.1) is 0 Å². The van der Waals surface area contributed by atoms with Crippen LogP contribution >= 0.6 is 23.4 Å². The van der Waals surface area contributed by atoms with Gasteiger partial charge in [-0.05, 0) is 42.5 Å². The Labute approximate surface area is 191 Å². The standard InChI is InChI=1S/C23H16ClN3O4S/c24-14-7-8-18-19(12-14)25-23(27(22(18)30)13-15-4-3-10-31-15)32-11-9-26-20(28)16-5-1-2-6-17(16)21(26)29/h1-8,10,12H,9,11,13H2. The van der Waals surface area contributed by atoms with E-state index in [1.54, 1.807) is 60.9 Å². The molecule has 0 aliphatic carbocycles. The lowest BCUT2D eigenvalue weighted by molar-refractivity contribution is 0.0664. The van der Waals surface area contributed by atoms with E-state index in [2.05, 4.69) is 4.98 Å². The Balaban J connectivity index is 1.43. The predicted molar refractivity (Wildman–Crippen MR) is 121 cm³/mol. The second-order valence-electron chi connectivity index (χ2n) is 7.18. The van der Waals surface area contributed by atoms with Crippen LogP contribution in [-0.4, -0.2) is 38.6 Å². The first kappa shape index (κ1) is 20.5. The van der Waals surface area contributed by atoms with Crippen LogP contribution in [0.2, 0.25) is 5.02 Å². The molecule has 0 unspecified atom stereocenters. The second-order valence-corrected chi connectivity index (χ2v) is 8.68. The molecule has 0 saturated carbocycles. The number of benzene rings is 2. The van der Waals surface area contributed by atoms with Crippen molar-refractivity contribution in [1.82, 2.24) is 14.5 Å². The number of fused-ring (bicyclic) bond motifs is 2. The molecule has 0 fully saturated rings. The molecule has 0 bridgehead atoms. The van der Waals surface area contributed by atoms with Crippen LogP contribution in [0.3, 0.4) is 0 Å². The van der Waals surface area contributed by atoms with Crippen molar-refractivity contribution in [1.29, 1.82) is 0 Å². The highest BCUT2D eigenvalue weighted by Crippen LogP contribution is 2.25. The molecule has 7 nitrogen and oxygen atoms in total. The zero-order valence-electron chi connectivity index (χ0n) is 16.7. The molecule has 32 heavy (non-hydrogen) atoms. The molecule has 2 amide bonds. The molecule has 1 aliphatic rings. The normalized spacial score (nSPS) is 13.2. The Bertz CT molecular complexity index is 1380. The van der Waals surface area contributed by atoms with Crippen LogP contribution in [0.5, 0.6) is 0 Å². The monoisotopic (exact) mass is 465 g/mol. The fourth-order valence-corrected chi connectivity index (χ4v) is 4.74. The van der Waals surface area contributed by atoms with Gasteiger partial charge in [-0.15, -0.1) is 0 Å². The molecule has 2 aromatic carbocycles. The first-order valence-corrected chi connectivity index (χ1v) is 11.2. The molecule has 0 N–H and O–H groups in total. The Morgan fingerprint density at radius 3 is 2.41 bits per heavy atom. The van der Waals surface area contributed by atoms with E-state index in [4.69, 9.17) is 16.0 Å². The molecule has 160 valence electrons. The Kier molecular flexibility index (Phi) is 5.32. The van der Waals surface area contributed by atoms with Gasteiger partial charge in [0, 0.05) is 17.3 Å². The largest absolute Gasteiger partial charge is 0.467 e. The highest BCUT2D eigenvalue weighted by Gasteiger charge is 2.34. The van der Waals surface area contributed by atoms with E-state index < -0.39 is 0 Å². The van der Waals surface area contributed by atoms with Gasteiger partial charge in [0.05, 0.1) is 34.8 Å². The average Bonchev–Trinajstić information content (AvgIpc) is 3.39. The molecular weight excluding hydrogens is 450 g/mol. The quantitative estimate of drug-likeness (QED) is 0.242. The molecule has 0 radical (unpaired) electrons. The first-order chi connectivity index (χ1) is 15.5. The highest BCUT2D eigenvalue weighted by atomic mass is 35.5. The van der Waals surface area contributed by atoms with Gasteiger partial charge in [-0.25, -0.2) is 4.98 Å². The summed E-state index contributed by atoms with van der Waals surface area (Å²) in [6.45, 7) is 0.411. The fourth-order valence-electron chi connectivity index (χ4n) is 3.65. The summed E-state index contributed by atoms with van der Waals surface area (Å²) in [5, 5.41) is 1.39. The third kappa shape index (κ3) is 3.61. The molecule has 5 rings (SSSR count). The summed E-state index contributed by atoms with van der Waals surface area (Å²) in [4.78, 5) is 44.2. The molecule has 4 aromatic rings. The number of imide groups is 1. The number of thioether (sulfide) groups is 1. The number of furan rings is 1. The van der Waals surface area contributed by atoms with Crippen LogP contribution in [-0.2, 0) is 6.54 Å². The maximum atomic E-state index is 13.2. The van der Waals surface area contributed by atoms with E-state index in [1.165, 1.54) is 21.2 Å². The van der Waals surface area contributed by atoms with Crippen LogP contribution < -0.4 is 5.56 Å². The number of hydrogen-bond acceptors (Lipinski definition) is 6. The third-order valence-electron chi connectivity index (χ3n) is 5.20. The van der Waals surface area contributed by atoms with Gasteiger partial charge in [-0.2, -0.15) is 0 Å². The Morgan fingerprint density at radius 2 is 1.72 bits per heavy atom. The van der Waals surface area contributed by atoms with Gasteiger partial charge < -0.3 is 4.42 Å². The molecule has 9 heteroatoms. The zero-order valence-corrected chi connectivity index (χ0v) is 18.2. The number of nitrogens with zero attached hydrogens (tertiary/aromatic N) is 3. The minimum Gasteiger partial charge on any atom is -0.467 e. The van der Waals surface area contributed by atoms with Crippen molar-refractivity contribution in [2.24, 2.45) is 0 Å². The van der Waals surface area contributed by atoms with Gasteiger partial charge in [-0.3, -0.25) is 23.9 Å². The predicted octanol–water partition coefficient (Wildman–Crippen LogP) is 4.08. The van der Waals surface area contributed by atoms with Gasteiger partial charge in [-0.1, -0.05) is 35.5 Å². The first-order valence-electron chi connectivity index (χ1n) is 9.83. The number of amides is 2. The molecule has 0 spiro atoms. The summed E-state index contributed by atoms with van der Waals surface area (Å²) in [6, 6.07) is 15.3. The minimum atomic E-state index is -0.308. The van der Waals surface area contributed by atoms with E-state index in [0.717, 1.165) is 0 Å². The number of halogens is 1. The number of carbonyl (C=O) groups is 2. The van der Waals surface area contributed by atoms with Gasteiger partial charge in [0.15, 0.2) is 5.16 Å². The fraction of sp³-hybridized carbons (Fsp3) is 0.130. The highest BCUT2D eigenvalue weighted by molar-refractivity contribution is 7.99. The van der Waals surface area contributed by atoms with Gasteiger partial charge in [0.2, 0.25) is 0 Å². The summed E-state index contributed by atoms with van der Waals surface area (Å²) >= 11 is 7.39. The van der Waals surface area contributed by atoms with Crippen molar-refractivity contribution >= 4 is 46.1 Å². The topological polar surface area (TPSA) is 85.4 Å². The van der Waals surface area contributed by atoms with Crippen molar-refractivity contribution in [3.8, 4) is 0 Å². The maximum Gasteiger partial charge on any atom is 0.262 e. The lowest BCUT2D eigenvalue weighted by atomic mass is 10.1. The summed E-state index contributed by atoms with van der Waals surface area (Å²) in [6.07, 6.45) is 1.55. The van der Waals surface area contributed by atoms with Crippen molar-refractivity contribution in [2.45, 2.75) is 11.7 Å². The van der Waals surface area contributed by atoms with Crippen molar-refractivity contribution in [3.63, 3.8) is 0 Å². The van der Waals surface area contributed by atoms with Gasteiger partial charge in [0.25, 0.3) is 17.4 Å². The van der Waals surface area contributed by atoms with E-state index in [9.17, 15) is 14.4 Å². The van der Waals surface area contributed by atoms with E-state index in [-0.39, 0.29) is 30.5 Å². The molecular formula is C23H16ClN3O4S. The number of rotatable bonds is 6. The minimum absolute atomic E-state index is 0.196. The van der Waals surface area contributed by atoms with Crippen LogP contribution in [0.25, 0.3) is 10.9 Å². The average molecular weight is 466 g/mol.